The van der Waals surface area contributed by atoms with E-state index < -0.39 is 0 Å². The number of hydrogen-bond donors (Lipinski definition) is 2. The normalized spacial score (nSPS) is 17.5. The van der Waals surface area contributed by atoms with E-state index in [2.05, 4.69) is 12.2 Å². The fraction of sp³-hybridized carbons (Fsp3) is 0.500. The van der Waals surface area contributed by atoms with Gasteiger partial charge in [0.05, 0.1) is 11.4 Å². The third kappa shape index (κ3) is 2.22. The molecule has 0 aliphatic heterocycles. The Labute approximate surface area is 89.7 Å². The molecule has 0 unspecified atom stereocenters. The van der Waals surface area contributed by atoms with Crippen molar-refractivity contribution in [3.8, 4) is 0 Å². The predicted octanol–water partition coefficient (Wildman–Crippen LogP) is 3.01. The molecule has 0 heterocycles. The first-order valence-electron chi connectivity index (χ1n) is 5.44. The van der Waals surface area contributed by atoms with Crippen molar-refractivity contribution >= 4 is 11.4 Å². The van der Waals surface area contributed by atoms with Gasteiger partial charge in [-0.1, -0.05) is 6.92 Å². The second kappa shape index (κ2) is 3.72. The minimum atomic E-state index is -0.283. The fourth-order valence-corrected chi connectivity index (χ4v) is 1.81. The number of rotatable bonds is 4. The minimum Gasteiger partial charge on any atom is -0.397 e. The maximum absolute atomic E-state index is 12.8. The zero-order valence-corrected chi connectivity index (χ0v) is 9.02. The molecule has 0 radical (unpaired) electrons. The van der Waals surface area contributed by atoms with E-state index in [9.17, 15) is 4.39 Å². The smallest absolute Gasteiger partial charge is 0.125 e. The molecule has 1 saturated carbocycles. The average molecular weight is 208 g/mol. The number of hydrogen-bond acceptors (Lipinski definition) is 2. The molecule has 3 N–H and O–H groups in total. The van der Waals surface area contributed by atoms with E-state index in [0.717, 1.165) is 12.2 Å². The Morgan fingerprint density at radius 3 is 2.73 bits per heavy atom. The summed E-state index contributed by atoms with van der Waals surface area (Å²) in [5.41, 5.74) is 7.51. The van der Waals surface area contributed by atoms with E-state index in [0.29, 0.717) is 11.1 Å². The van der Waals surface area contributed by atoms with E-state index >= 15 is 0 Å². The van der Waals surface area contributed by atoms with Crippen molar-refractivity contribution in [3.05, 3.63) is 24.0 Å². The lowest BCUT2D eigenvalue weighted by Crippen LogP contribution is -2.15. The number of benzene rings is 1. The molecular formula is C12H17FN2. The Hall–Kier alpha value is -1.25. The highest BCUT2D eigenvalue weighted by Gasteiger charge is 2.40. The molecule has 0 spiro atoms. The van der Waals surface area contributed by atoms with Gasteiger partial charge < -0.3 is 11.1 Å². The molecule has 0 aromatic heterocycles. The van der Waals surface area contributed by atoms with Crippen LogP contribution in [0.2, 0.25) is 0 Å². The standard InChI is InChI=1S/C12H17FN2/c1-2-12(5-6-12)8-15-11-4-3-9(13)7-10(11)14/h3-4,7,15H,2,5-6,8,14H2,1H3. The lowest BCUT2D eigenvalue weighted by molar-refractivity contribution is 0.521. The Balaban J connectivity index is 1.99. The van der Waals surface area contributed by atoms with Crippen LogP contribution in [0.4, 0.5) is 15.8 Å². The quantitative estimate of drug-likeness (QED) is 0.746. The first-order chi connectivity index (χ1) is 7.15. The summed E-state index contributed by atoms with van der Waals surface area (Å²) in [6, 6.07) is 4.49. The van der Waals surface area contributed by atoms with Crippen LogP contribution in [0.1, 0.15) is 26.2 Å². The van der Waals surface area contributed by atoms with Gasteiger partial charge in [-0.25, -0.2) is 4.39 Å². The summed E-state index contributed by atoms with van der Waals surface area (Å²) in [6.45, 7) is 3.15. The molecule has 3 heteroatoms. The third-order valence-corrected chi connectivity index (χ3v) is 3.37. The topological polar surface area (TPSA) is 38.0 Å². The van der Waals surface area contributed by atoms with Crippen LogP contribution in [0.3, 0.4) is 0 Å². The number of nitrogens with two attached hydrogens (primary N) is 1. The molecule has 0 bridgehead atoms. The van der Waals surface area contributed by atoms with Crippen molar-refractivity contribution in [1.82, 2.24) is 0 Å². The summed E-state index contributed by atoms with van der Waals surface area (Å²) in [6.07, 6.45) is 3.77. The molecule has 1 fully saturated rings. The predicted molar refractivity (Wildman–Crippen MR) is 61.3 cm³/mol. The van der Waals surface area contributed by atoms with Gasteiger partial charge in [0.2, 0.25) is 0 Å². The SMILES string of the molecule is CCC1(CNc2ccc(F)cc2N)CC1. The van der Waals surface area contributed by atoms with Crippen LogP contribution in [0.15, 0.2) is 18.2 Å². The molecular weight excluding hydrogens is 191 g/mol. The Morgan fingerprint density at radius 1 is 1.47 bits per heavy atom. The lowest BCUT2D eigenvalue weighted by Gasteiger charge is -2.15. The molecule has 15 heavy (non-hydrogen) atoms. The van der Waals surface area contributed by atoms with Crippen molar-refractivity contribution < 1.29 is 4.39 Å². The molecule has 1 aliphatic rings. The molecule has 1 aromatic rings. The molecule has 1 aliphatic carbocycles. The zero-order chi connectivity index (χ0) is 10.9. The van der Waals surface area contributed by atoms with E-state index in [-0.39, 0.29) is 5.82 Å². The van der Waals surface area contributed by atoms with E-state index in [1.165, 1.54) is 31.4 Å². The molecule has 0 saturated heterocycles. The Morgan fingerprint density at radius 2 is 2.20 bits per heavy atom. The second-order valence-corrected chi connectivity index (χ2v) is 4.44. The molecule has 82 valence electrons. The Bertz CT molecular complexity index is 359. The first kappa shape index (κ1) is 10.3. The van der Waals surface area contributed by atoms with Gasteiger partial charge in [-0.05, 0) is 42.9 Å². The number of nitrogens with one attached hydrogen (secondary N) is 1. The van der Waals surface area contributed by atoms with Crippen LogP contribution in [0.25, 0.3) is 0 Å². The summed E-state index contributed by atoms with van der Waals surface area (Å²) in [7, 11) is 0. The fourth-order valence-electron chi connectivity index (χ4n) is 1.81. The van der Waals surface area contributed by atoms with Crippen LogP contribution >= 0.6 is 0 Å². The summed E-state index contributed by atoms with van der Waals surface area (Å²) in [5.74, 6) is -0.283. The summed E-state index contributed by atoms with van der Waals surface area (Å²) >= 11 is 0. The van der Waals surface area contributed by atoms with Gasteiger partial charge in [0.1, 0.15) is 5.82 Å². The van der Waals surface area contributed by atoms with Crippen molar-refractivity contribution in [1.29, 1.82) is 0 Å². The highest BCUT2D eigenvalue weighted by molar-refractivity contribution is 5.65. The van der Waals surface area contributed by atoms with Gasteiger partial charge in [-0.3, -0.25) is 0 Å². The van der Waals surface area contributed by atoms with Crippen molar-refractivity contribution in [2.24, 2.45) is 5.41 Å². The number of halogens is 1. The maximum atomic E-state index is 12.8. The Kier molecular flexibility index (Phi) is 2.55. The van der Waals surface area contributed by atoms with Gasteiger partial charge in [0.25, 0.3) is 0 Å². The van der Waals surface area contributed by atoms with Crippen LogP contribution in [0, 0.1) is 11.2 Å². The van der Waals surface area contributed by atoms with Gasteiger partial charge in [0.15, 0.2) is 0 Å². The molecule has 0 amide bonds. The summed E-state index contributed by atoms with van der Waals surface area (Å²) < 4.78 is 12.8. The van der Waals surface area contributed by atoms with Crippen LogP contribution < -0.4 is 11.1 Å². The van der Waals surface area contributed by atoms with E-state index in [4.69, 9.17) is 5.73 Å². The van der Waals surface area contributed by atoms with Crippen molar-refractivity contribution in [3.63, 3.8) is 0 Å². The maximum Gasteiger partial charge on any atom is 0.125 e. The van der Waals surface area contributed by atoms with Gasteiger partial charge in [-0.2, -0.15) is 0 Å². The third-order valence-electron chi connectivity index (χ3n) is 3.37. The monoisotopic (exact) mass is 208 g/mol. The molecule has 2 nitrogen and oxygen atoms in total. The molecule has 0 atom stereocenters. The van der Waals surface area contributed by atoms with Crippen molar-refractivity contribution in [2.75, 3.05) is 17.6 Å². The van der Waals surface area contributed by atoms with Gasteiger partial charge in [0, 0.05) is 6.54 Å². The van der Waals surface area contributed by atoms with E-state index in [1.807, 2.05) is 0 Å². The number of anilines is 2. The van der Waals surface area contributed by atoms with Gasteiger partial charge in [-0.15, -0.1) is 0 Å². The van der Waals surface area contributed by atoms with Crippen LogP contribution in [-0.4, -0.2) is 6.54 Å². The summed E-state index contributed by atoms with van der Waals surface area (Å²) in [4.78, 5) is 0. The second-order valence-electron chi connectivity index (χ2n) is 4.44. The highest BCUT2D eigenvalue weighted by Crippen LogP contribution is 2.48. The first-order valence-corrected chi connectivity index (χ1v) is 5.44. The zero-order valence-electron chi connectivity index (χ0n) is 9.02. The average Bonchev–Trinajstić information content (AvgIpc) is 2.97. The molecule has 1 aromatic carbocycles. The largest absolute Gasteiger partial charge is 0.397 e. The van der Waals surface area contributed by atoms with Crippen molar-refractivity contribution in [2.45, 2.75) is 26.2 Å². The lowest BCUT2D eigenvalue weighted by atomic mass is 10.0. The van der Waals surface area contributed by atoms with Gasteiger partial charge >= 0.3 is 0 Å². The van der Waals surface area contributed by atoms with E-state index in [1.54, 1.807) is 6.07 Å². The van der Waals surface area contributed by atoms with Crippen LogP contribution in [-0.2, 0) is 0 Å². The number of nitrogen functional groups attached to an aromatic ring is 1. The van der Waals surface area contributed by atoms with Crippen LogP contribution in [0.5, 0.6) is 0 Å². The molecule has 2 rings (SSSR count). The minimum absolute atomic E-state index is 0.283. The highest BCUT2D eigenvalue weighted by atomic mass is 19.1. The summed E-state index contributed by atoms with van der Waals surface area (Å²) in [5, 5.41) is 3.30.